The average Bonchev–Trinajstić information content (AvgIpc) is 3.27. The van der Waals surface area contributed by atoms with E-state index in [2.05, 4.69) is 20.6 Å². The maximum Gasteiger partial charge on any atom is 0.417 e. The number of nitrogens with one attached hydrogen (secondary N) is 1. The summed E-state index contributed by atoms with van der Waals surface area (Å²) in [6.07, 6.45) is -0.761. The van der Waals surface area contributed by atoms with Gasteiger partial charge in [-0.25, -0.2) is 9.50 Å². The van der Waals surface area contributed by atoms with E-state index >= 15 is 0 Å². The molecule has 4 aromatic rings. The van der Waals surface area contributed by atoms with Crippen LogP contribution >= 0.6 is 11.6 Å². The minimum absolute atomic E-state index is 0.0249. The molecule has 0 saturated heterocycles. The Hall–Kier alpha value is -3.40. The van der Waals surface area contributed by atoms with Crippen LogP contribution in [0.15, 0.2) is 53.5 Å². The molecular formula is C17H9ClF3N5O2. The number of rotatable bonds is 3. The highest BCUT2D eigenvalue weighted by Gasteiger charge is 2.34. The summed E-state index contributed by atoms with van der Waals surface area (Å²) in [6, 6.07) is 6.36. The minimum atomic E-state index is -4.60. The number of hydrogen-bond donors (Lipinski definition) is 1. The number of carbonyl (C=O) groups excluding carboxylic acids is 1. The summed E-state index contributed by atoms with van der Waals surface area (Å²) >= 11 is 5.84. The molecule has 0 unspecified atom stereocenters. The van der Waals surface area contributed by atoms with E-state index < -0.39 is 17.6 Å². The zero-order valence-corrected chi connectivity index (χ0v) is 14.5. The summed E-state index contributed by atoms with van der Waals surface area (Å²) in [7, 11) is 0. The Balaban J connectivity index is 1.71. The number of benzene rings is 1. The molecule has 0 aliphatic heterocycles. The van der Waals surface area contributed by atoms with E-state index in [4.69, 9.17) is 16.1 Å². The second-order valence-corrected chi connectivity index (χ2v) is 6.04. The van der Waals surface area contributed by atoms with Gasteiger partial charge in [0.2, 0.25) is 0 Å². The summed E-state index contributed by atoms with van der Waals surface area (Å²) in [5.74, 6) is -0.654. The molecule has 0 aliphatic carbocycles. The number of alkyl halides is 3. The van der Waals surface area contributed by atoms with Crippen LogP contribution in [-0.4, -0.2) is 25.7 Å². The first-order valence-corrected chi connectivity index (χ1v) is 8.14. The van der Waals surface area contributed by atoms with Gasteiger partial charge in [-0.05, 0) is 12.1 Å². The van der Waals surface area contributed by atoms with Crippen LogP contribution in [0, 0.1) is 0 Å². The number of carbonyl (C=O) groups is 1. The van der Waals surface area contributed by atoms with E-state index in [1.54, 1.807) is 0 Å². The predicted octanol–water partition coefficient (Wildman–Crippen LogP) is 4.31. The summed E-state index contributed by atoms with van der Waals surface area (Å²) in [5.41, 5.74) is -1.02. The highest BCUT2D eigenvalue weighted by atomic mass is 35.5. The minimum Gasteiger partial charge on any atom is -0.362 e. The van der Waals surface area contributed by atoms with Gasteiger partial charge in [-0.3, -0.25) is 4.79 Å². The van der Waals surface area contributed by atoms with Gasteiger partial charge in [0.25, 0.3) is 5.91 Å². The first-order chi connectivity index (χ1) is 13.3. The summed E-state index contributed by atoms with van der Waals surface area (Å²) < 4.78 is 46.0. The van der Waals surface area contributed by atoms with Crippen LogP contribution in [0.3, 0.4) is 0 Å². The maximum atomic E-state index is 13.3. The molecule has 4 rings (SSSR count). The van der Waals surface area contributed by atoms with E-state index in [0.29, 0.717) is 0 Å². The molecule has 7 nitrogen and oxygen atoms in total. The fourth-order valence-corrected chi connectivity index (χ4v) is 2.79. The molecule has 0 bridgehead atoms. The third-order valence-electron chi connectivity index (χ3n) is 3.89. The molecule has 0 spiro atoms. The summed E-state index contributed by atoms with van der Waals surface area (Å²) in [5, 5.41) is 10.2. The molecule has 142 valence electrons. The van der Waals surface area contributed by atoms with Crippen molar-refractivity contribution in [2.24, 2.45) is 0 Å². The van der Waals surface area contributed by atoms with Gasteiger partial charge in [0.15, 0.2) is 5.65 Å². The molecule has 1 amide bonds. The van der Waals surface area contributed by atoms with E-state index in [1.807, 2.05) is 0 Å². The molecule has 0 saturated carbocycles. The number of nitrogens with zero attached hydrogens (tertiary/aromatic N) is 4. The molecule has 3 aromatic heterocycles. The molecule has 1 aromatic carbocycles. The number of anilines is 1. The normalized spacial score (nSPS) is 11.7. The lowest BCUT2D eigenvalue weighted by Gasteiger charge is -2.11. The van der Waals surface area contributed by atoms with Crippen molar-refractivity contribution in [1.82, 2.24) is 19.8 Å². The van der Waals surface area contributed by atoms with Gasteiger partial charge < -0.3 is 9.84 Å². The van der Waals surface area contributed by atoms with Crippen LogP contribution < -0.4 is 5.32 Å². The zero-order valence-electron chi connectivity index (χ0n) is 13.7. The van der Waals surface area contributed by atoms with Crippen molar-refractivity contribution in [2.75, 3.05) is 5.32 Å². The van der Waals surface area contributed by atoms with Crippen molar-refractivity contribution < 1.29 is 22.5 Å². The average molecular weight is 408 g/mol. The second kappa shape index (κ2) is 6.64. The Labute approximate surface area is 159 Å². The van der Waals surface area contributed by atoms with Gasteiger partial charge in [-0.1, -0.05) is 35.0 Å². The van der Waals surface area contributed by atoms with Crippen LogP contribution in [0.2, 0.25) is 5.15 Å². The first-order valence-electron chi connectivity index (χ1n) is 7.77. The highest BCUT2D eigenvalue weighted by molar-refractivity contribution is 6.29. The molecule has 28 heavy (non-hydrogen) atoms. The molecule has 0 atom stereocenters. The van der Waals surface area contributed by atoms with E-state index in [9.17, 15) is 18.0 Å². The quantitative estimate of drug-likeness (QED) is 0.511. The van der Waals surface area contributed by atoms with Crippen molar-refractivity contribution in [3.8, 4) is 11.3 Å². The van der Waals surface area contributed by atoms with Gasteiger partial charge in [0.05, 0.1) is 11.8 Å². The molecule has 0 aliphatic rings. The van der Waals surface area contributed by atoms with Crippen molar-refractivity contribution in [3.63, 3.8) is 0 Å². The van der Waals surface area contributed by atoms with Gasteiger partial charge in [-0.2, -0.15) is 18.3 Å². The molecule has 0 radical (unpaired) electrons. The number of halogens is 4. The predicted molar refractivity (Wildman–Crippen MR) is 92.9 cm³/mol. The van der Waals surface area contributed by atoms with Crippen LogP contribution in [0.4, 0.5) is 18.9 Å². The zero-order chi connectivity index (χ0) is 19.9. The van der Waals surface area contributed by atoms with Gasteiger partial charge in [0, 0.05) is 11.8 Å². The fourth-order valence-electron chi connectivity index (χ4n) is 2.65. The molecular weight excluding hydrogens is 399 g/mol. The topological polar surface area (TPSA) is 85.3 Å². The lowest BCUT2D eigenvalue weighted by Crippen LogP contribution is -2.13. The Morgan fingerprint density at radius 1 is 1.21 bits per heavy atom. The molecule has 3 heterocycles. The molecule has 1 N–H and O–H groups in total. The summed E-state index contributed by atoms with van der Waals surface area (Å²) in [6.45, 7) is 0. The van der Waals surface area contributed by atoms with E-state index in [0.717, 1.165) is 12.3 Å². The number of hydrogen-bond acceptors (Lipinski definition) is 5. The van der Waals surface area contributed by atoms with Gasteiger partial charge >= 0.3 is 6.18 Å². The van der Waals surface area contributed by atoms with Crippen molar-refractivity contribution >= 4 is 28.8 Å². The molecule has 11 heteroatoms. The largest absolute Gasteiger partial charge is 0.417 e. The van der Waals surface area contributed by atoms with Crippen molar-refractivity contribution in [2.45, 2.75) is 6.18 Å². The summed E-state index contributed by atoms with van der Waals surface area (Å²) in [4.78, 5) is 16.7. The molecule has 0 fully saturated rings. The van der Waals surface area contributed by atoms with Crippen molar-refractivity contribution in [3.05, 3.63) is 65.3 Å². The Morgan fingerprint density at radius 2 is 2.00 bits per heavy atom. The SMILES string of the molecule is O=C(Nc1conc1-c1ccccc1C(F)(F)F)c1cnn2ccc(Cl)nc12. The Bertz CT molecular complexity index is 1180. The fraction of sp³-hybridized carbons (Fsp3) is 0.0588. The smallest absolute Gasteiger partial charge is 0.362 e. The maximum absolute atomic E-state index is 13.3. The lowest BCUT2D eigenvalue weighted by atomic mass is 10.0. The van der Waals surface area contributed by atoms with Crippen LogP contribution in [0.5, 0.6) is 0 Å². The van der Waals surface area contributed by atoms with Crippen molar-refractivity contribution in [1.29, 1.82) is 0 Å². The third-order valence-corrected chi connectivity index (χ3v) is 4.10. The Morgan fingerprint density at radius 3 is 2.79 bits per heavy atom. The van der Waals surface area contributed by atoms with E-state index in [-0.39, 0.29) is 33.3 Å². The van der Waals surface area contributed by atoms with Gasteiger partial charge in [0.1, 0.15) is 28.4 Å². The lowest BCUT2D eigenvalue weighted by molar-refractivity contribution is -0.137. The number of fused-ring (bicyclic) bond motifs is 1. The van der Waals surface area contributed by atoms with Crippen LogP contribution in [0.25, 0.3) is 16.9 Å². The van der Waals surface area contributed by atoms with Gasteiger partial charge in [-0.15, -0.1) is 0 Å². The standard InChI is InChI=1S/C17H9ClF3N5O2/c18-13-5-6-26-15(24-13)10(7-22-26)16(27)23-12-8-28-25-14(12)9-3-1-2-4-11(9)17(19,20)21/h1-8H,(H,23,27). The van der Waals surface area contributed by atoms with Crippen LogP contribution in [0.1, 0.15) is 15.9 Å². The van der Waals surface area contributed by atoms with E-state index in [1.165, 1.54) is 41.2 Å². The third kappa shape index (κ3) is 3.18. The number of amides is 1. The van der Waals surface area contributed by atoms with Crippen LogP contribution in [-0.2, 0) is 6.18 Å². The monoisotopic (exact) mass is 407 g/mol. The first kappa shape index (κ1) is 18.0. The highest BCUT2D eigenvalue weighted by Crippen LogP contribution is 2.38. The second-order valence-electron chi connectivity index (χ2n) is 5.65. The number of aromatic nitrogens is 4. The Kier molecular flexibility index (Phi) is 4.27.